The summed E-state index contributed by atoms with van der Waals surface area (Å²) in [5, 5.41) is 24.1. The number of aromatic nitrogens is 3. The Morgan fingerprint density at radius 1 is 1.67 bits per heavy atom. The van der Waals surface area contributed by atoms with Gasteiger partial charge in [0.05, 0.1) is 25.3 Å². The number of carboxylic acid groups (broad SMARTS) is 1. The van der Waals surface area contributed by atoms with Crippen LogP contribution in [0.4, 0.5) is 0 Å². The SMILES string of the molecule is O=C(O)Cc1cn(CCO)nn1. The third-order valence-corrected chi connectivity index (χ3v) is 1.25. The molecule has 0 amide bonds. The molecule has 0 radical (unpaired) electrons. The van der Waals surface area contributed by atoms with Crippen LogP contribution in [0.25, 0.3) is 0 Å². The molecule has 0 unspecified atom stereocenters. The number of carboxylic acids is 1. The Hall–Kier alpha value is -1.43. The van der Waals surface area contributed by atoms with E-state index in [-0.39, 0.29) is 13.0 Å². The second kappa shape index (κ2) is 3.82. The van der Waals surface area contributed by atoms with E-state index in [0.29, 0.717) is 12.2 Å². The first-order valence-corrected chi connectivity index (χ1v) is 3.44. The van der Waals surface area contributed by atoms with Gasteiger partial charge in [-0.05, 0) is 0 Å². The Balaban J connectivity index is 2.58. The second-order valence-corrected chi connectivity index (χ2v) is 2.27. The first kappa shape index (κ1) is 8.66. The Kier molecular flexibility index (Phi) is 2.76. The van der Waals surface area contributed by atoms with Crippen LogP contribution in [0.15, 0.2) is 6.20 Å². The molecule has 0 saturated carbocycles. The van der Waals surface area contributed by atoms with E-state index in [1.165, 1.54) is 10.9 Å². The standard InChI is InChI=1S/C6H9N3O3/c10-2-1-9-4-5(7-8-9)3-6(11)12/h4,10H,1-3H2,(H,11,12). The van der Waals surface area contributed by atoms with Crippen molar-refractivity contribution in [1.82, 2.24) is 15.0 Å². The summed E-state index contributed by atoms with van der Waals surface area (Å²) in [5.74, 6) is -0.939. The number of hydrogen-bond acceptors (Lipinski definition) is 4. The highest BCUT2D eigenvalue weighted by Crippen LogP contribution is 1.93. The maximum Gasteiger partial charge on any atom is 0.309 e. The maximum atomic E-state index is 10.2. The van der Waals surface area contributed by atoms with Crippen LogP contribution >= 0.6 is 0 Å². The molecule has 0 bridgehead atoms. The molecule has 0 spiro atoms. The van der Waals surface area contributed by atoms with Gasteiger partial charge in [-0.15, -0.1) is 5.10 Å². The van der Waals surface area contributed by atoms with Crippen molar-refractivity contribution < 1.29 is 15.0 Å². The largest absolute Gasteiger partial charge is 0.481 e. The molecule has 0 fully saturated rings. The zero-order valence-corrected chi connectivity index (χ0v) is 6.34. The Bertz CT molecular complexity index is 271. The Morgan fingerprint density at radius 3 is 3.00 bits per heavy atom. The molecule has 0 aliphatic heterocycles. The van der Waals surface area contributed by atoms with Crippen molar-refractivity contribution in [3.63, 3.8) is 0 Å². The molecule has 2 N–H and O–H groups in total. The van der Waals surface area contributed by atoms with E-state index < -0.39 is 5.97 Å². The molecule has 6 nitrogen and oxygen atoms in total. The van der Waals surface area contributed by atoms with Crippen molar-refractivity contribution >= 4 is 5.97 Å². The average Bonchev–Trinajstić information content (AvgIpc) is 2.36. The van der Waals surface area contributed by atoms with Crippen LogP contribution in [0.2, 0.25) is 0 Å². The molecule has 0 saturated heterocycles. The summed E-state index contributed by atoms with van der Waals surface area (Å²) in [6, 6.07) is 0. The van der Waals surface area contributed by atoms with Crippen molar-refractivity contribution in [3.8, 4) is 0 Å². The van der Waals surface area contributed by atoms with E-state index >= 15 is 0 Å². The third-order valence-electron chi connectivity index (χ3n) is 1.25. The second-order valence-electron chi connectivity index (χ2n) is 2.27. The molecule has 12 heavy (non-hydrogen) atoms. The normalized spacial score (nSPS) is 10.1. The summed E-state index contributed by atoms with van der Waals surface area (Å²) in [5.41, 5.74) is 0.399. The van der Waals surface area contributed by atoms with Gasteiger partial charge in [0.15, 0.2) is 0 Å². The number of nitrogens with zero attached hydrogens (tertiary/aromatic N) is 3. The number of hydrogen-bond donors (Lipinski definition) is 2. The van der Waals surface area contributed by atoms with E-state index in [9.17, 15) is 4.79 Å². The van der Waals surface area contributed by atoms with Crippen LogP contribution < -0.4 is 0 Å². The highest BCUT2D eigenvalue weighted by Gasteiger charge is 2.04. The highest BCUT2D eigenvalue weighted by atomic mass is 16.4. The van der Waals surface area contributed by atoms with Crippen molar-refractivity contribution in [3.05, 3.63) is 11.9 Å². The molecule has 1 aromatic heterocycles. The van der Waals surface area contributed by atoms with Crippen LogP contribution in [-0.4, -0.2) is 37.8 Å². The fourth-order valence-corrected chi connectivity index (χ4v) is 0.786. The van der Waals surface area contributed by atoms with Gasteiger partial charge in [-0.2, -0.15) is 0 Å². The van der Waals surface area contributed by atoms with Crippen LogP contribution in [-0.2, 0) is 17.8 Å². The summed E-state index contributed by atoms with van der Waals surface area (Å²) >= 11 is 0. The summed E-state index contributed by atoms with van der Waals surface area (Å²) in [6.07, 6.45) is 1.37. The lowest BCUT2D eigenvalue weighted by Gasteiger charge is -1.91. The van der Waals surface area contributed by atoms with E-state index in [0.717, 1.165) is 0 Å². The lowest BCUT2D eigenvalue weighted by atomic mass is 10.3. The summed E-state index contributed by atoms with van der Waals surface area (Å²) in [4.78, 5) is 10.2. The van der Waals surface area contributed by atoms with Crippen molar-refractivity contribution in [2.75, 3.05) is 6.61 Å². The van der Waals surface area contributed by atoms with E-state index in [4.69, 9.17) is 10.2 Å². The average molecular weight is 171 g/mol. The molecule has 1 heterocycles. The van der Waals surface area contributed by atoms with Gasteiger partial charge < -0.3 is 10.2 Å². The highest BCUT2D eigenvalue weighted by molar-refractivity contribution is 5.69. The van der Waals surface area contributed by atoms with Gasteiger partial charge in [0.1, 0.15) is 0 Å². The summed E-state index contributed by atoms with van der Waals surface area (Å²) in [7, 11) is 0. The Labute approximate surface area is 68.4 Å². The molecule has 1 aromatic rings. The lowest BCUT2D eigenvalue weighted by Crippen LogP contribution is -2.02. The topological polar surface area (TPSA) is 88.2 Å². The summed E-state index contributed by atoms with van der Waals surface area (Å²) in [6.45, 7) is 0.308. The first-order chi connectivity index (χ1) is 5.72. The number of carbonyl (C=O) groups is 1. The van der Waals surface area contributed by atoms with Gasteiger partial charge >= 0.3 is 5.97 Å². The predicted octanol–water partition coefficient (Wildman–Crippen LogP) is -1.10. The van der Waals surface area contributed by atoms with Crippen molar-refractivity contribution in [2.24, 2.45) is 0 Å². The first-order valence-electron chi connectivity index (χ1n) is 3.44. The van der Waals surface area contributed by atoms with Gasteiger partial charge in [0.2, 0.25) is 0 Å². The number of aliphatic hydroxyl groups excluding tert-OH is 1. The van der Waals surface area contributed by atoms with Crippen molar-refractivity contribution in [2.45, 2.75) is 13.0 Å². The molecule has 0 aliphatic rings. The van der Waals surface area contributed by atoms with Gasteiger partial charge in [0, 0.05) is 6.20 Å². The van der Waals surface area contributed by atoms with Crippen LogP contribution in [0.5, 0.6) is 0 Å². The Morgan fingerprint density at radius 2 is 2.42 bits per heavy atom. The molecule has 1 rings (SSSR count). The molecule has 0 aromatic carbocycles. The number of aliphatic hydroxyl groups is 1. The molecular weight excluding hydrogens is 162 g/mol. The zero-order chi connectivity index (χ0) is 8.97. The minimum atomic E-state index is -0.939. The van der Waals surface area contributed by atoms with Crippen LogP contribution in [0, 0.1) is 0 Å². The third kappa shape index (κ3) is 2.31. The smallest absolute Gasteiger partial charge is 0.309 e. The van der Waals surface area contributed by atoms with Gasteiger partial charge in [-0.1, -0.05) is 5.21 Å². The van der Waals surface area contributed by atoms with Gasteiger partial charge in [-0.3, -0.25) is 4.79 Å². The molecule has 0 aliphatic carbocycles. The molecule has 6 heteroatoms. The van der Waals surface area contributed by atoms with Gasteiger partial charge in [0.25, 0.3) is 0 Å². The lowest BCUT2D eigenvalue weighted by molar-refractivity contribution is -0.136. The fourth-order valence-electron chi connectivity index (χ4n) is 0.786. The summed E-state index contributed by atoms with van der Waals surface area (Å²) < 4.78 is 1.40. The molecule has 0 atom stereocenters. The van der Waals surface area contributed by atoms with Crippen molar-refractivity contribution in [1.29, 1.82) is 0 Å². The monoisotopic (exact) mass is 171 g/mol. The maximum absolute atomic E-state index is 10.2. The minimum Gasteiger partial charge on any atom is -0.481 e. The van der Waals surface area contributed by atoms with Crippen LogP contribution in [0.3, 0.4) is 0 Å². The van der Waals surface area contributed by atoms with E-state index in [2.05, 4.69) is 10.3 Å². The van der Waals surface area contributed by atoms with Gasteiger partial charge in [-0.25, -0.2) is 4.68 Å². The quantitative estimate of drug-likeness (QED) is 0.600. The molecule has 66 valence electrons. The minimum absolute atomic E-state index is 0.0319. The van der Waals surface area contributed by atoms with Crippen LogP contribution in [0.1, 0.15) is 5.69 Å². The predicted molar refractivity (Wildman–Crippen MR) is 38.4 cm³/mol. The molecular formula is C6H9N3O3. The van der Waals surface area contributed by atoms with E-state index in [1.807, 2.05) is 0 Å². The zero-order valence-electron chi connectivity index (χ0n) is 6.34. The van der Waals surface area contributed by atoms with E-state index in [1.54, 1.807) is 0 Å². The fraction of sp³-hybridized carbons (Fsp3) is 0.500. The number of rotatable bonds is 4. The number of aliphatic carboxylic acids is 1.